The first-order valence-corrected chi connectivity index (χ1v) is 12.5. The summed E-state index contributed by atoms with van der Waals surface area (Å²) in [5, 5.41) is 4.99. The van der Waals surface area contributed by atoms with Gasteiger partial charge in [0.15, 0.2) is 5.82 Å². The number of aromatic nitrogens is 1. The third-order valence-electron chi connectivity index (χ3n) is 5.22. The summed E-state index contributed by atoms with van der Waals surface area (Å²) in [6, 6.07) is 12.5. The predicted molar refractivity (Wildman–Crippen MR) is 123 cm³/mol. The van der Waals surface area contributed by atoms with Gasteiger partial charge in [0.1, 0.15) is 10.7 Å². The molecule has 0 bridgehead atoms. The van der Waals surface area contributed by atoms with Gasteiger partial charge in [0.2, 0.25) is 0 Å². The Kier molecular flexibility index (Phi) is 6.20. The Morgan fingerprint density at radius 1 is 1.29 bits per heavy atom. The Morgan fingerprint density at radius 3 is 2.77 bits per heavy atom. The summed E-state index contributed by atoms with van der Waals surface area (Å²) in [4.78, 5) is 5.67. The Labute approximate surface area is 190 Å². The molecule has 0 aliphatic carbocycles. The highest BCUT2D eigenvalue weighted by molar-refractivity contribution is 7.92. The summed E-state index contributed by atoms with van der Waals surface area (Å²) in [5.41, 5.74) is 2.77. The summed E-state index contributed by atoms with van der Waals surface area (Å²) >= 11 is 7.58. The monoisotopic (exact) mass is 480 g/mol. The molecule has 1 aliphatic rings. The van der Waals surface area contributed by atoms with Crippen LogP contribution in [0.3, 0.4) is 0 Å². The van der Waals surface area contributed by atoms with Gasteiger partial charge in [0.05, 0.1) is 16.2 Å². The van der Waals surface area contributed by atoms with E-state index in [1.807, 2.05) is 18.2 Å². The van der Waals surface area contributed by atoms with Gasteiger partial charge in [-0.15, -0.1) is 11.3 Å². The Hall–Kier alpha value is -2.20. The maximum Gasteiger partial charge on any atom is 0.266 e. The zero-order valence-electron chi connectivity index (χ0n) is 16.8. The number of halogens is 2. The third kappa shape index (κ3) is 5.17. The Morgan fingerprint density at radius 2 is 2.06 bits per heavy atom. The van der Waals surface area contributed by atoms with Crippen molar-refractivity contribution in [2.45, 2.75) is 30.3 Å². The standard InChI is InChI=1S/C21H22ClFN4O2S2/c1-21(7-8-27(13-21)11-15-5-3-2-4-6-15)25-18-10-17(23)19(9-16(18)22)31(28,29)26-20-12-30-14-24-20/h2-6,9-10,12,14,25-26H,7-8,11,13H2,1H3/t21-/m0/s1. The summed E-state index contributed by atoms with van der Waals surface area (Å²) in [6.45, 7) is 4.54. The lowest BCUT2D eigenvalue weighted by Crippen LogP contribution is -2.38. The topological polar surface area (TPSA) is 74.3 Å². The van der Waals surface area contributed by atoms with Crippen LogP contribution in [-0.4, -0.2) is 36.9 Å². The van der Waals surface area contributed by atoms with E-state index in [0.29, 0.717) is 5.69 Å². The van der Waals surface area contributed by atoms with Gasteiger partial charge >= 0.3 is 0 Å². The number of rotatable bonds is 7. The molecule has 10 heteroatoms. The van der Waals surface area contributed by atoms with E-state index in [1.165, 1.54) is 27.8 Å². The number of anilines is 2. The van der Waals surface area contributed by atoms with Crippen LogP contribution in [0.4, 0.5) is 15.9 Å². The largest absolute Gasteiger partial charge is 0.377 e. The van der Waals surface area contributed by atoms with Crippen LogP contribution in [0.2, 0.25) is 5.02 Å². The van der Waals surface area contributed by atoms with Crippen molar-refractivity contribution >= 4 is 44.5 Å². The Balaban J connectivity index is 1.48. The van der Waals surface area contributed by atoms with Gasteiger partial charge in [-0.1, -0.05) is 41.9 Å². The lowest BCUT2D eigenvalue weighted by atomic mass is 10.0. The van der Waals surface area contributed by atoms with Crippen molar-refractivity contribution in [2.24, 2.45) is 0 Å². The number of hydrogen-bond acceptors (Lipinski definition) is 6. The molecule has 0 unspecified atom stereocenters. The van der Waals surface area contributed by atoms with Crippen LogP contribution in [0.5, 0.6) is 0 Å². The number of likely N-dealkylation sites (tertiary alicyclic amines) is 1. The molecule has 2 aromatic carbocycles. The molecule has 3 aromatic rings. The van der Waals surface area contributed by atoms with Gasteiger partial charge in [-0.2, -0.15) is 0 Å². The molecule has 2 N–H and O–H groups in total. The number of nitrogens with one attached hydrogen (secondary N) is 2. The first-order chi connectivity index (χ1) is 14.7. The van der Waals surface area contributed by atoms with Gasteiger partial charge in [0.25, 0.3) is 10.0 Å². The van der Waals surface area contributed by atoms with Crippen molar-refractivity contribution < 1.29 is 12.8 Å². The second-order valence-electron chi connectivity index (χ2n) is 7.87. The maximum atomic E-state index is 14.8. The average molecular weight is 481 g/mol. The summed E-state index contributed by atoms with van der Waals surface area (Å²) < 4.78 is 42.1. The molecule has 0 saturated carbocycles. The lowest BCUT2D eigenvalue weighted by Gasteiger charge is -2.28. The fourth-order valence-electron chi connectivity index (χ4n) is 3.75. The molecule has 1 aliphatic heterocycles. The summed E-state index contributed by atoms with van der Waals surface area (Å²) in [5.74, 6) is -0.739. The van der Waals surface area contributed by atoms with E-state index >= 15 is 0 Å². The number of nitrogens with zero attached hydrogens (tertiary/aromatic N) is 2. The van der Waals surface area contributed by atoms with Gasteiger partial charge in [0, 0.05) is 30.6 Å². The van der Waals surface area contributed by atoms with Crippen LogP contribution in [0.1, 0.15) is 18.9 Å². The molecule has 31 heavy (non-hydrogen) atoms. The van der Waals surface area contributed by atoms with Crippen molar-refractivity contribution in [3.8, 4) is 0 Å². The van der Waals surface area contributed by atoms with Gasteiger partial charge < -0.3 is 5.32 Å². The molecule has 1 fully saturated rings. The molecule has 0 spiro atoms. The lowest BCUT2D eigenvalue weighted by molar-refractivity contribution is 0.315. The smallest absolute Gasteiger partial charge is 0.266 e. The SMILES string of the molecule is C[C@]1(Nc2cc(F)c(S(=O)(=O)Nc3cscn3)cc2Cl)CCN(Cc2ccccc2)C1. The second-order valence-corrected chi connectivity index (χ2v) is 10.7. The van der Waals surface area contributed by atoms with Gasteiger partial charge in [-0.05, 0) is 31.0 Å². The highest BCUT2D eigenvalue weighted by Gasteiger charge is 2.34. The molecule has 0 radical (unpaired) electrons. The quantitative estimate of drug-likeness (QED) is 0.507. The molecule has 1 aromatic heterocycles. The highest BCUT2D eigenvalue weighted by Crippen LogP contribution is 2.34. The number of benzene rings is 2. The van der Waals surface area contributed by atoms with E-state index in [0.717, 1.165) is 38.2 Å². The van der Waals surface area contributed by atoms with Gasteiger partial charge in [-0.3, -0.25) is 9.62 Å². The van der Waals surface area contributed by atoms with Crippen LogP contribution < -0.4 is 10.0 Å². The summed E-state index contributed by atoms with van der Waals surface area (Å²) in [7, 11) is -4.14. The van der Waals surface area contributed by atoms with E-state index in [9.17, 15) is 12.8 Å². The molecule has 1 saturated heterocycles. The molecule has 4 rings (SSSR count). The normalized spacial score (nSPS) is 19.5. The first-order valence-electron chi connectivity index (χ1n) is 9.69. The third-order valence-corrected chi connectivity index (χ3v) is 7.49. The van der Waals surface area contributed by atoms with Crippen molar-refractivity contribution in [1.29, 1.82) is 0 Å². The van der Waals surface area contributed by atoms with Crippen molar-refractivity contribution in [1.82, 2.24) is 9.88 Å². The zero-order chi connectivity index (χ0) is 22.1. The van der Waals surface area contributed by atoms with Crippen LogP contribution >= 0.6 is 22.9 Å². The van der Waals surface area contributed by atoms with E-state index in [-0.39, 0.29) is 16.4 Å². The maximum absolute atomic E-state index is 14.8. The number of hydrogen-bond donors (Lipinski definition) is 2. The first kappa shape index (κ1) is 22.0. The van der Waals surface area contributed by atoms with E-state index in [2.05, 4.69) is 39.0 Å². The number of thiazole rings is 1. The van der Waals surface area contributed by atoms with Crippen molar-refractivity contribution in [3.63, 3.8) is 0 Å². The zero-order valence-corrected chi connectivity index (χ0v) is 19.2. The molecule has 6 nitrogen and oxygen atoms in total. The minimum atomic E-state index is -4.14. The molecule has 1 atom stereocenters. The Bertz CT molecular complexity index is 1160. The molecular formula is C21H22ClFN4O2S2. The van der Waals surface area contributed by atoms with E-state index in [1.54, 1.807) is 0 Å². The number of sulfonamides is 1. The molecule has 164 valence electrons. The van der Waals surface area contributed by atoms with Crippen molar-refractivity contribution in [2.75, 3.05) is 23.1 Å². The van der Waals surface area contributed by atoms with E-state index in [4.69, 9.17) is 11.6 Å². The van der Waals surface area contributed by atoms with E-state index < -0.39 is 20.7 Å². The highest BCUT2D eigenvalue weighted by atomic mass is 35.5. The van der Waals surface area contributed by atoms with Gasteiger partial charge in [-0.25, -0.2) is 17.8 Å². The minimum absolute atomic E-state index is 0.139. The molecular weight excluding hydrogens is 459 g/mol. The molecule has 0 amide bonds. The van der Waals surface area contributed by atoms with Crippen LogP contribution in [-0.2, 0) is 16.6 Å². The predicted octanol–water partition coefficient (Wildman–Crippen LogP) is 4.81. The minimum Gasteiger partial charge on any atom is -0.377 e. The fraction of sp³-hybridized carbons (Fsp3) is 0.286. The van der Waals surface area contributed by atoms with Crippen LogP contribution in [0.25, 0.3) is 0 Å². The summed E-state index contributed by atoms with van der Waals surface area (Å²) in [6.07, 6.45) is 0.850. The average Bonchev–Trinajstić information content (AvgIpc) is 3.34. The van der Waals surface area contributed by atoms with Crippen LogP contribution in [0, 0.1) is 5.82 Å². The second kappa shape index (κ2) is 8.74. The van der Waals surface area contributed by atoms with Crippen molar-refractivity contribution in [3.05, 3.63) is 69.8 Å². The fourth-order valence-corrected chi connectivity index (χ4v) is 5.67. The van der Waals surface area contributed by atoms with Crippen LogP contribution in [0.15, 0.2) is 58.3 Å². The molecule has 2 heterocycles.